The Morgan fingerprint density at radius 2 is 2.09 bits per heavy atom. The summed E-state index contributed by atoms with van der Waals surface area (Å²) in [5.41, 5.74) is 0. The van der Waals surface area contributed by atoms with Crippen LogP contribution in [0.4, 0.5) is 0 Å². The summed E-state index contributed by atoms with van der Waals surface area (Å²) in [5.74, 6) is 1.53. The number of H-pyrrole nitrogens is 1. The third-order valence-electron chi connectivity index (χ3n) is 2.02. The molecule has 1 N–H and O–H groups in total. The molecule has 62 valence electrons. The number of aromatic nitrogens is 4. The van der Waals surface area contributed by atoms with E-state index in [1.807, 2.05) is 0 Å². The highest BCUT2D eigenvalue weighted by atomic mass is 15.5. The van der Waals surface area contributed by atoms with Gasteiger partial charge in [-0.05, 0) is 5.92 Å². The third kappa shape index (κ3) is 2.29. The lowest BCUT2D eigenvalue weighted by molar-refractivity contribution is 0.479. The van der Waals surface area contributed by atoms with Crippen molar-refractivity contribution >= 4 is 0 Å². The van der Waals surface area contributed by atoms with E-state index in [9.17, 15) is 0 Å². The zero-order chi connectivity index (χ0) is 8.10. The van der Waals surface area contributed by atoms with E-state index in [2.05, 4.69) is 34.5 Å². The van der Waals surface area contributed by atoms with E-state index in [4.69, 9.17) is 0 Å². The van der Waals surface area contributed by atoms with Crippen molar-refractivity contribution in [2.24, 2.45) is 5.92 Å². The molecule has 1 aromatic rings. The fourth-order valence-electron chi connectivity index (χ4n) is 1.10. The first kappa shape index (κ1) is 8.17. The molecule has 0 bridgehead atoms. The summed E-state index contributed by atoms with van der Waals surface area (Å²) >= 11 is 0. The van der Waals surface area contributed by atoms with Gasteiger partial charge in [-0.1, -0.05) is 31.9 Å². The van der Waals surface area contributed by atoms with Crippen molar-refractivity contribution in [3.05, 3.63) is 5.82 Å². The number of aromatic amines is 1. The Morgan fingerprint density at radius 3 is 2.55 bits per heavy atom. The summed E-state index contributed by atoms with van der Waals surface area (Å²) in [6.45, 7) is 4.38. The van der Waals surface area contributed by atoms with E-state index in [-0.39, 0.29) is 0 Å². The largest absolute Gasteiger partial charge is 0.177 e. The lowest BCUT2D eigenvalue weighted by Crippen LogP contribution is -2.03. The van der Waals surface area contributed by atoms with Crippen LogP contribution in [0, 0.1) is 5.92 Å². The van der Waals surface area contributed by atoms with Crippen LogP contribution in [0.2, 0.25) is 0 Å². The highest BCUT2D eigenvalue weighted by Gasteiger charge is 2.07. The maximum Gasteiger partial charge on any atom is 0.174 e. The molecule has 0 aliphatic heterocycles. The van der Waals surface area contributed by atoms with Gasteiger partial charge >= 0.3 is 0 Å². The SMILES string of the molecule is CCC(CC)Cc1nn[nH]n1. The molecule has 0 saturated heterocycles. The molecule has 4 heteroatoms. The zero-order valence-corrected chi connectivity index (χ0v) is 7.04. The van der Waals surface area contributed by atoms with Gasteiger partial charge in [0.05, 0.1) is 0 Å². The van der Waals surface area contributed by atoms with E-state index in [0.717, 1.165) is 12.2 Å². The topological polar surface area (TPSA) is 54.5 Å². The fourth-order valence-corrected chi connectivity index (χ4v) is 1.10. The van der Waals surface area contributed by atoms with Crippen molar-refractivity contribution in [1.29, 1.82) is 0 Å². The summed E-state index contributed by atoms with van der Waals surface area (Å²) in [6.07, 6.45) is 3.32. The third-order valence-corrected chi connectivity index (χ3v) is 2.02. The normalized spacial score (nSPS) is 10.8. The highest BCUT2D eigenvalue weighted by Crippen LogP contribution is 2.11. The van der Waals surface area contributed by atoms with Crippen LogP contribution in [0.25, 0.3) is 0 Å². The van der Waals surface area contributed by atoms with Gasteiger partial charge in [-0.2, -0.15) is 5.21 Å². The number of rotatable bonds is 4. The minimum absolute atomic E-state index is 0.701. The van der Waals surface area contributed by atoms with E-state index >= 15 is 0 Å². The Labute approximate surface area is 66.4 Å². The number of tetrazole rings is 1. The second-order valence-corrected chi connectivity index (χ2v) is 2.71. The quantitative estimate of drug-likeness (QED) is 0.708. The summed E-state index contributed by atoms with van der Waals surface area (Å²) in [4.78, 5) is 0. The van der Waals surface area contributed by atoms with Gasteiger partial charge in [-0.3, -0.25) is 0 Å². The molecular formula is C7H14N4. The Balaban J connectivity index is 2.41. The van der Waals surface area contributed by atoms with Crippen LogP contribution < -0.4 is 0 Å². The minimum atomic E-state index is 0.701. The van der Waals surface area contributed by atoms with Crippen molar-refractivity contribution in [2.75, 3.05) is 0 Å². The Hall–Kier alpha value is -0.930. The van der Waals surface area contributed by atoms with Crippen LogP contribution in [0.5, 0.6) is 0 Å². The number of hydrogen-bond donors (Lipinski definition) is 1. The van der Waals surface area contributed by atoms with Crippen LogP contribution >= 0.6 is 0 Å². The van der Waals surface area contributed by atoms with Crippen LogP contribution in [0.15, 0.2) is 0 Å². The molecule has 4 nitrogen and oxygen atoms in total. The van der Waals surface area contributed by atoms with Crippen LogP contribution in [0.1, 0.15) is 32.5 Å². The lowest BCUT2D eigenvalue weighted by Gasteiger charge is -2.07. The minimum Gasteiger partial charge on any atom is -0.177 e. The Kier molecular flexibility index (Phi) is 3.01. The Morgan fingerprint density at radius 1 is 1.36 bits per heavy atom. The molecule has 0 radical (unpaired) electrons. The molecule has 0 aliphatic rings. The van der Waals surface area contributed by atoms with Crippen molar-refractivity contribution < 1.29 is 0 Å². The summed E-state index contributed by atoms with van der Waals surface area (Å²) in [7, 11) is 0. The van der Waals surface area contributed by atoms with Gasteiger partial charge in [0.15, 0.2) is 5.82 Å². The number of nitrogens with zero attached hydrogens (tertiary/aromatic N) is 3. The van der Waals surface area contributed by atoms with Crippen molar-refractivity contribution in [2.45, 2.75) is 33.1 Å². The zero-order valence-electron chi connectivity index (χ0n) is 7.04. The predicted octanol–water partition coefficient (Wildman–Crippen LogP) is 1.18. The van der Waals surface area contributed by atoms with Gasteiger partial charge in [0.2, 0.25) is 0 Å². The van der Waals surface area contributed by atoms with Gasteiger partial charge in [-0.15, -0.1) is 10.2 Å². The molecular weight excluding hydrogens is 140 g/mol. The first-order chi connectivity index (χ1) is 5.36. The van der Waals surface area contributed by atoms with E-state index in [0.29, 0.717) is 5.92 Å². The maximum absolute atomic E-state index is 3.90. The molecule has 0 aliphatic carbocycles. The average molecular weight is 154 g/mol. The highest BCUT2D eigenvalue weighted by molar-refractivity contribution is 4.79. The molecule has 0 aromatic carbocycles. The predicted molar refractivity (Wildman–Crippen MR) is 42.0 cm³/mol. The van der Waals surface area contributed by atoms with E-state index in [1.165, 1.54) is 12.8 Å². The number of hydrogen-bond acceptors (Lipinski definition) is 3. The molecule has 0 unspecified atom stereocenters. The van der Waals surface area contributed by atoms with Gasteiger partial charge in [0.25, 0.3) is 0 Å². The second-order valence-electron chi connectivity index (χ2n) is 2.71. The number of nitrogens with one attached hydrogen (secondary N) is 1. The van der Waals surface area contributed by atoms with E-state index in [1.54, 1.807) is 0 Å². The molecule has 11 heavy (non-hydrogen) atoms. The Bertz CT molecular complexity index is 178. The van der Waals surface area contributed by atoms with Crippen molar-refractivity contribution in [3.63, 3.8) is 0 Å². The molecule has 1 rings (SSSR count). The smallest absolute Gasteiger partial charge is 0.174 e. The van der Waals surface area contributed by atoms with Crippen LogP contribution in [-0.2, 0) is 6.42 Å². The maximum atomic E-state index is 3.90. The molecule has 0 atom stereocenters. The standard InChI is InChI=1S/C7H14N4/c1-3-6(4-2)5-7-8-10-11-9-7/h6H,3-5H2,1-2H3,(H,8,9,10,11). The molecule has 1 aromatic heterocycles. The summed E-state index contributed by atoms with van der Waals surface area (Å²) in [6, 6.07) is 0. The fraction of sp³-hybridized carbons (Fsp3) is 0.857. The molecule has 0 saturated carbocycles. The molecule has 0 fully saturated rings. The van der Waals surface area contributed by atoms with Crippen LogP contribution in [-0.4, -0.2) is 20.6 Å². The monoisotopic (exact) mass is 154 g/mol. The van der Waals surface area contributed by atoms with Crippen molar-refractivity contribution in [1.82, 2.24) is 20.6 Å². The summed E-state index contributed by atoms with van der Waals surface area (Å²) in [5, 5.41) is 13.8. The van der Waals surface area contributed by atoms with Gasteiger partial charge in [-0.25, -0.2) is 0 Å². The second kappa shape index (κ2) is 4.05. The molecule has 0 spiro atoms. The van der Waals surface area contributed by atoms with Crippen LogP contribution in [0.3, 0.4) is 0 Å². The van der Waals surface area contributed by atoms with Crippen molar-refractivity contribution in [3.8, 4) is 0 Å². The first-order valence-corrected chi connectivity index (χ1v) is 4.09. The van der Waals surface area contributed by atoms with Gasteiger partial charge in [0.1, 0.15) is 0 Å². The summed E-state index contributed by atoms with van der Waals surface area (Å²) < 4.78 is 0. The average Bonchev–Trinajstić information content (AvgIpc) is 2.52. The van der Waals surface area contributed by atoms with E-state index < -0.39 is 0 Å². The van der Waals surface area contributed by atoms with Gasteiger partial charge in [0, 0.05) is 6.42 Å². The molecule has 0 amide bonds. The van der Waals surface area contributed by atoms with Gasteiger partial charge < -0.3 is 0 Å². The first-order valence-electron chi connectivity index (χ1n) is 4.09. The lowest BCUT2D eigenvalue weighted by atomic mass is 9.99. The molecule has 1 heterocycles.